The van der Waals surface area contributed by atoms with E-state index in [0.29, 0.717) is 13.0 Å². The number of fused-ring (bicyclic) bond motifs is 1. The molecule has 18 heavy (non-hydrogen) atoms. The third-order valence-corrected chi connectivity index (χ3v) is 3.88. The van der Waals surface area contributed by atoms with Crippen molar-refractivity contribution in [3.05, 3.63) is 35.9 Å². The molecule has 0 aliphatic carbocycles. The third-order valence-electron chi connectivity index (χ3n) is 3.88. The molecule has 4 nitrogen and oxygen atoms in total. The van der Waals surface area contributed by atoms with E-state index in [0.717, 1.165) is 0 Å². The van der Waals surface area contributed by atoms with Gasteiger partial charge >= 0.3 is 6.09 Å². The van der Waals surface area contributed by atoms with E-state index in [1.54, 1.807) is 0 Å². The maximum absolute atomic E-state index is 11.9. The summed E-state index contributed by atoms with van der Waals surface area (Å²) in [5.74, 6) is 0.299. The van der Waals surface area contributed by atoms with Crippen molar-refractivity contribution >= 4 is 12.0 Å². The van der Waals surface area contributed by atoms with Crippen LogP contribution < -0.4 is 0 Å². The highest BCUT2D eigenvalue weighted by Gasteiger charge is 2.48. The number of imide groups is 1. The molecule has 94 valence electrons. The van der Waals surface area contributed by atoms with Crippen LogP contribution in [0.5, 0.6) is 0 Å². The molecule has 1 aromatic rings. The first kappa shape index (κ1) is 11.3. The van der Waals surface area contributed by atoms with Gasteiger partial charge in [-0.3, -0.25) is 4.79 Å². The summed E-state index contributed by atoms with van der Waals surface area (Å²) in [5.41, 5.74) is 1.17. The Labute approximate surface area is 106 Å². The summed E-state index contributed by atoms with van der Waals surface area (Å²) in [6, 6.07) is 9.91. The van der Waals surface area contributed by atoms with Gasteiger partial charge in [0.1, 0.15) is 6.61 Å². The van der Waals surface area contributed by atoms with Crippen molar-refractivity contribution in [2.24, 2.45) is 5.92 Å². The summed E-state index contributed by atoms with van der Waals surface area (Å²) in [6.07, 6.45) is -0.0802. The topological polar surface area (TPSA) is 46.6 Å². The predicted molar refractivity (Wildman–Crippen MR) is 64.9 cm³/mol. The fourth-order valence-electron chi connectivity index (χ4n) is 3.09. The van der Waals surface area contributed by atoms with Crippen molar-refractivity contribution in [2.75, 3.05) is 6.61 Å². The molecule has 2 unspecified atom stereocenters. The van der Waals surface area contributed by atoms with Crippen LogP contribution in [0.25, 0.3) is 0 Å². The first-order chi connectivity index (χ1) is 8.68. The number of cyclic esters (lactones) is 1. The average Bonchev–Trinajstić information content (AvgIpc) is 2.73. The SMILES string of the molecule is CC1CC(=O)N2C(=O)OC[C@H]2C1c1ccccc1. The molecule has 2 aliphatic heterocycles. The van der Waals surface area contributed by atoms with Gasteiger partial charge in [-0.1, -0.05) is 37.3 Å². The molecule has 3 atom stereocenters. The second-order valence-corrected chi connectivity index (χ2v) is 5.03. The molecule has 0 saturated carbocycles. The summed E-state index contributed by atoms with van der Waals surface area (Å²) < 4.78 is 5.04. The summed E-state index contributed by atoms with van der Waals surface area (Å²) in [4.78, 5) is 24.8. The summed E-state index contributed by atoms with van der Waals surface area (Å²) in [5, 5.41) is 0. The molecular formula is C14H15NO3. The monoisotopic (exact) mass is 245 g/mol. The fourth-order valence-corrected chi connectivity index (χ4v) is 3.09. The largest absolute Gasteiger partial charge is 0.447 e. The highest BCUT2D eigenvalue weighted by Crippen LogP contribution is 2.40. The molecule has 0 radical (unpaired) electrons. The number of nitrogens with zero attached hydrogens (tertiary/aromatic N) is 1. The van der Waals surface area contributed by atoms with Gasteiger partial charge in [0.2, 0.25) is 5.91 Å². The lowest BCUT2D eigenvalue weighted by Gasteiger charge is -2.37. The molecule has 4 heteroatoms. The van der Waals surface area contributed by atoms with E-state index in [1.807, 2.05) is 18.2 Å². The first-order valence-corrected chi connectivity index (χ1v) is 6.22. The molecule has 0 N–H and O–H groups in total. The zero-order valence-electron chi connectivity index (χ0n) is 10.2. The number of carbonyl (C=O) groups is 2. The maximum atomic E-state index is 11.9. The molecule has 1 aromatic carbocycles. The standard InChI is InChI=1S/C14H15NO3/c1-9-7-12(16)15-11(8-18-14(15)17)13(9)10-5-3-2-4-6-10/h2-6,9,11,13H,7-8H2,1H3/t9?,11-,13?/m0/s1. The van der Waals surface area contributed by atoms with Crippen molar-refractivity contribution in [1.82, 2.24) is 4.90 Å². The van der Waals surface area contributed by atoms with Gasteiger partial charge in [0.25, 0.3) is 0 Å². The van der Waals surface area contributed by atoms with Gasteiger partial charge in [-0.15, -0.1) is 0 Å². The van der Waals surface area contributed by atoms with Crippen LogP contribution in [0.3, 0.4) is 0 Å². The van der Waals surface area contributed by atoms with Gasteiger partial charge in [0, 0.05) is 12.3 Å². The van der Waals surface area contributed by atoms with E-state index in [4.69, 9.17) is 4.74 Å². The van der Waals surface area contributed by atoms with Gasteiger partial charge in [0.15, 0.2) is 0 Å². The van der Waals surface area contributed by atoms with Crippen LogP contribution in [0.2, 0.25) is 0 Å². The highest BCUT2D eigenvalue weighted by atomic mass is 16.6. The second-order valence-electron chi connectivity index (χ2n) is 5.03. The zero-order chi connectivity index (χ0) is 12.7. The lowest BCUT2D eigenvalue weighted by atomic mass is 9.77. The van der Waals surface area contributed by atoms with Gasteiger partial charge in [0.05, 0.1) is 6.04 Å². The lowest BCUT2D eigenvalue weighted by Crippen LogP contribution is -2.49. The van der Waals surface area contributed by atoms with E-state index in [2.05, 4.69) is 19.1 Å². The van der Waals surface area contributed by atoms with E-state index in [1.165, 1.54) is 10.5 Å². The molecule has 3 rings (SSSR count). The first-order valence-electron chi connectivity index (χ1n) is 6.22. The molecule has 2 amide bonds. The minimum absolute atomic E-state index is 0.109. The Morgan fingerprint density at radius 1 is 1.22 bits per heavy atom. The molecular weight excluding hydrogens is 230 g/mol. The van der Waals surface area contributed by atoms with Crippen molar-refractivity contribution in [3.8, 4) is 0 Å². The maximum Gasteiger partial charge on any atom is 0.416 e. The summed E-state index contributed by atoms with van der Waals surface area (Å²) in [7, 11) is 0. The van der Waals surface area contributed by atoms with Crippen LogP contribution >= 0.6 is 0 Å². The Balaban J connectivity index is 1.98. The van der Waals surface area contributed by atoms with Crippen LogP contribution in [-0.4, -0.2) is 29.5 Å². The van der Waals surface area contributed by atoms with Crippen molar-refractivity contribution in [2.45, 2.75) is 25.3 Å². The molecule has 0 aromatic heterocycles. The van der Waals surface area contributed by atoms with Crippen LogP contribution in [0.4, 0.5) is 4.79 Å². The van der Waals surface area contributed by atoms with Crippen molar-refractivity contribution in [3.63, 3.8) is 0 Å². The Morgan fingerprint density at radius 3 is 2.67 bits per heavy atom. The van der Waals surface area contributed by atoms with Crippen molar-refractivity contribution in [1.29, 1.82) is 0 Å². The fraction of sp³-hybridized carbons (Fsp3) is 0.429. The van der Waals surface area contributed by atoms with Gasteiger partial charge in [-0.25, -0.2) is 9.69 Å². The second kappa shape index (κ2) is 4.12. The number of rotatable bonds is 1. The number of piperidine rings is 1. The van der Waals surface area contributed by atoms with Crippen molar-refractivity contribution < 1.29 is 14.3 Å². The number of carbonyl (C=O) groups excluding carboxylic acids is 2. The van der Waals surface area contributed by atoms with Crippen LogP contribution in [0.1, 0.15) is 24.8 Å². The summed E-state index contributed by atoms with van der Waals surface area (Å²) >= 11 is 0. The number of hydrogen-bond donors (Lipinski definition) is 0. The van der Waals surface area contributed by atoms with Crippen LogP contribution in [0.15, 0.2) is 30.3 Å². The van der Waals surface area contributed by atoms with Crippen LogP contribution in [0, 0.1) is 5.92 Å². The van der Waals surface area contributed by atoms with Gasteiger partial charge < -0.3 is 4.74 Å². The van der Waals surface area contributed by atoms with Gasteiger partial charge in [-0.2, -0.15) is 0 Å². The highest BCUT2D eigenvalue weighted by molar-refractivity contribution is 5.94. The molecule has 0 bridgehead atoms. The van der Waals surface area contributed by atoms with E-state index in [-0.39, 0.29) is 23.8 Å². The Bertz CT molecular complexity index is 485. The minimum Gasteiger partial charge on any atom is -0.447 e. The number of benzene rings is 1. The number of hydrogen-bond acceptors (Lipinski definition) is 3. The quantitative estimate of drug-likeness (QED) is 0.761. The number of amides is 2. The van der Waals surface area contributed by atoms with E-state index in [9.17, 15) is 9.59 Å². The molecule has 2 fully saturated rings. The molecule has 2 heterocycles. The summed E-state index contributed by atoms with van der Waals surface area (Å²) in [6.45, 7) is 2.38. The van der Waals surface area contributed by atoms with E-state index >= 15 is 0 Å². The number of ether oxygens (including phenoxy) is 1. The van der Waals surface area contributed by atoms with E-state index < -0.39 is 6.09 Å². The smallest absolute Gasteiger partial charge is 0.416 e. The Hall–Kier alpha value is -1.84. The van der Waals surface area contributed by atoms with Crippen LogP contribution in [-0.2, 0) is 9.53 Å². The Morgan fingerprint density at radius 2 is 1.94 bits per heavy atom. The normalized spacial score (nSPS) is 31.2. The molecule has 0 spiro atoms. The predicted octanol–water partition coefficient (Wildman–Crippen LogP) is 2.16. The van der Waals surface area contributed by atoms with Gasteiger partial charge in [-0.05, 0) is 11.5 Å². The third kappa shape index (κ3) is 1.60. The molecule has 2 aliphatic rings. The zero-order valence-corrected chi connectivity index (χ0v) is 10.2. The lowest BCUT2D eigenvalue weighted by molar-refractivity contribution is -0.133. The molecule has 2 saturated heterocycles. The minimum atomic E-state index is -0.488. The average molecular weight is 245 g/mol. The Kier molecular flexibility index (Phi) is 2.58.